The molecule has 110 valence electrons. The van der Waals surface area contributed by atoms with Gasteiger partial charge in [-0.05, 0) is 43.4 Å². The molecule has 1 aromatic carbocycles. The third-order valence-electron chi connectivity index (χ3n) is 3.86. The highest BCUT2D eigenvalue weighted by Crippen LogP contribution is 2.24. The van der Waals surface area contributed by atoms with Gasteiger partial charge in [0, 0.05) is 24.8 Å². The van der Waals surface area contributed by atoms with E-state index in [1.165, 1.54) is 0 Å². The fraction of sp³-hybridized carbons (Fsp3) is 0.562. The Bertz CT molecular complexity index is 438. The van der Waals surface area contributed by atoms with Gasteiger partial charge in [-0.1, -0.05) is 19.1 Å². The van der Waals surface area contributed by atoms with Crippen molar-refractivity contribution in [1.82, 2.24) is 5.32 Å². The molecule has 1 saturated carbocycles. The molecule has 1 aromatic rings. The Morgan fingerprint density at radius 3 is 2.65 bits per heavy atom. The van der Waals surface area contributed by atoms with Crippen molar-refractivity contribution in [3.63, 3.8) is 0 Å². The SMILES string of the molecule is CCOC1CC(NC(=O)CC(C)c2ccc(N)cc2)C1. The summed E-state index contributed by atoms with van der Waals surface area (Å²) in [6.45, 7) is 4.81. The molecule has 0 saturated heterocycles. The summed E-state index contributed by atoms with van der Waals surface area (Å²) in [5.41, 5.74) is 7.57. The minimum atomic E-state index is 0.120. The second-order valence-electron chi connectivity index (χ2n) is 5.59. The van der Waals surface area contributed by atoms with Gasteiger partial charge in [-0.15, -0.1) is 0 Å². The quantitative estimate of drug-likeness (QED) is 0.784. The smallest absolute Gasteiger partial charge is 0.220 e. The average molecular weight is 276 g/mol. The van der Waals surface area contributed by atoms with Gasteiger partial charge in [-0.25, -0.2) is 0 Å². The minimum Gasteiger partial charge on any atom is -0.399 e. The summed E-state index contributed by atoms with van der Waals surface area (Å²) in [6, 6.07) is 8.02. The molecule has 20 heavy (non-hydrogen) atoms. The predicted molar refractivity (Wildman–Crippen MR) is 80.5 cm³/mol. The molecule has 0 aliphatic heterocycles. The Balaban J connectivity index is 1.73. The first-order chi connectivity index (χ1) is 9.58. The lowest BCUT2D eigenvalue weighted by atomic mass is 9.88. The van der Waals surface area contributed by atoms with E-state index >= 15 is 0 Å². The Hall–Kier alpha value is -1.55. The highest BCUT2D eigenvalue weighted by Gasteiger charge is 2.30. The maximum Gasteiger partial charge on any atom is 0.220 e. The third-order valence-corrected chi connectivity index (χ3v) is 3.86. The van der Waals surface area contributed by atoms with E-state index in [1.54, 1.807) is 0 Å². The van der Waals surface area contributed by atoms with Gasteiger partial charge >= 0.3 is 0 Å². The third kappa shape index (κ3) is 3.97. The highest BCUT2D eigenvalue weighted by atomic mass is 16.5. The van der Waals surface area contributed by atoms with Crippen molar-refractivity contribution < 1.29 is 9.53 Å². The van der Waals surface area contributed by atoms with Crippen LogP contribution in [0.4, 0.5) is 5.69 Å². The first-order valence-corrected chi connectivity index (χ1v) is 7.35. The molecule has 1 fully saturated rings. The molecule has 1 atom stereocenters. The number of hydrogen-bond acceptors (Lipinski definition) is 3. The molecule has 1 amide bonds. The second kappa shape index (κ2) is 6.75. The Kier molecular flexibility index (Phi) is 5.01. The van der Waals surface area contributed by atoms with E-state index in [2.05, 4.69) is 12.2 Å². The number of benzene rings is 1. The highest BCUT2D eigenvalue weighted by molar-refractivity contribution is 5.77. The van der Waals surface area contributed by atoms with Crippen molar-refractivity contribution in [1.29, 1.82) is 0 Å². The van der Waals surface area contributed by atoms with Crippen molar-refractivity contribution in [2.75, 3.05) is 12.3 Å². The summed E-state index contributed by atoms with van der Waals surface area (Å²) in [7, 11) is 0. The van der Waals surface area contributed by atoms with E-state index in [9.17, 15) is 4.79 Å². The van der Waals surface area contributed by atoms with Crippen LogP contribution in [-0.2, 0) is 9.53 Å². The summed E-state index contributed by atoms with van der Waals surface area (Å²) in [5.74, 6) is 0.327. The molecule has 2 rings (SSSR count). The number of nitrogens with two attached hydrogens (primary N) is 1. The number of amides is 1. The number of ether oxygens (including phenoxy) is 1. The van der Waals surface area contributed by atoms with Crippen LogP contribution in [0.1, 0.15) is 44.6 Å². The van der Waals surface area contributed by atoms with Crippen LogP contribution in [0.3, 0.4) is 0 Å². The molecule has 0 aromatic heterocycles. The molecular weight excluding hydrogens is 252 g/mol. The van der Waals surface area contributed by atoms with Crippen LogP contribution in [0, 0.1) is 0 Å². The maximum absolute atomic E-state index is 12.0. The molecule has 1 aliphatic carbocycles. The van der Waals surface area contributed by atoms with E-state index in [1.807, 2.05) is 31.2 Å². The zero-order valence-corrected chi connectivity index (χ0v) is 12.3. The maximum atomic E-state index is 12.0. The zero-order chi connectivity index (χ0) is 14.5. The van der Waals surface area contributed by atoms with Crippen LogP contribution in [-0.4, -0.2) is 24.7 Å². The number of carbonyl (C=O) groups excluding carboxylic acids is 1. The van der Waals surface area contributed by atoms with Crippen molar-refractivity contribution in [2.24, 2.45) is 0 Å². The molecule has 0 heterocycles. The molecule has 0 radical (unpaired) electrons. The van der Waals surface area contributed by atoms with Gasteiger partial charge in [0.25, 0.3) is 0 Å². The van der Waals surface area contributed by atoms with Gasteiger partial charge in [-0.3, -0.25) is 4.79 Å². The molecule has 4 nitrogen and oxygen atoms in total. The molecular formula is C16H24N2O2. The van der Waals surface area contributed by atoms with Gasteiger partial charge in [-0.2, -0.15) is 0 Å². The number of nitrogen functional groups attached to an aromatic ring is 1. The molecule has 0 spiro atoms. The van der Waals surface area contributed by atoms with Crippen LogP contribution < -0.4 is 11.1 Å². The number of hydrogen-bond donors (Lipinski definition) is 2. The van der Waals surface area contributed by atoms with E-state index in [4.69, 9.17) is 10.5 Å². The topological polar surface area (TPSA) is 64.3 Å². The Morgan fingerprint density at radius 1 is 1.40 bits per heavy atom. The summed E-state index contributed by atoms with van der Waals surface area (Å²) in [4.78, 5) is 12.0. The largest absolute Gasteiger partial charge is 0.399 e. The van der Waals surface area contributed by atoms with Crippen molar-refractivity contribution >= 4 is 11.6 Å². The van der Waals surface area contributed by atoms with Crippen LogP contribution in [0.15, 0.2) is 24.3 Å². The lowest BCUT2D eigenvalue weighted by Gasteiger charge is -2.35. The van der Waals surface area contributed by atoms with Gasteiger partial charge in [0.1, 0.15) is 0 Å². The van der Waals surface area contributed by atoms with Crippen LogP contribution in [0.25, 0.3) is 0 Å². The van der Waals surface area contributed by atoms with Crippen molar-refractivity contribution in [2.45, 2.75) is 51.2 Å². The number of anilines is 1. The van der Waals surface area contributed by atoms with Crippen molar-refractivity contribution in [3.05, 3.63) is 29.8 Å². The molecule has 0 bridgehead atoms. The normalized spacial score (nSPS) is 22.9. The summed E-state index contributed by atoms with van der Waals surface area (Å²) in [6.07, 6.45) is 2.73. The lowest BCUT2D eigenvalue weighted by Crippen LogP contribution is -2.48. The van der Waals surface area contributed by atoms with Crippen LogP contribution in [0.2, 0.25) is 0 Å². The number of carbonyl (C=O) groups is 1. The summed E-state index contributed by atoms with van der Waals surface area (Å²) < 4.78 is 5.49. The fourth-order valence-electron chi connectivity index (χ4n) is 2.56. The minimum absolute atomic E-state index is 0.120. The predicted octanol–water partition coefficient (Wildman–Crippen LogP) is 2.45. The standard InChI is InChI=1S/C16H24N2O2/c1-3-20-15-9-14(10-15)18-16(19)8-11(2)12-4-6-13(17)7-5-12/h4-7,11,14-15H,3,8-10,17H2,1-2H3,(H,18,19). The van der Waals surface area contributed by atoms with Crippen LogP contribution in [0.5, 0.6) is 0 Å². The zero-order valence-electron chi connectivity index (χ0n) is 12.3. The summed E-state index contributed by atoms with van der Waals surface area (Å²) >= 11 is 0. The second-order valence-corrected chi connectivity index (χ2v) is 5.59. The van der Waals surface area contributed by atoms with Gasteiger partial charge < -0.3 is 15.8 Å². The molecule has 4 heteroatoms. The van der Waals surface area contributed by atoms with Crippen molar-refractivity contribution in [3.8, 4) is 0 Å². The van der Waals surface area contributed by atoms with E-state index in [0.29, 0.717) is 12.5 Å². The molecule has 1 aliphatic rings. The fourth-order valence-corrected chi connectivity index (χ4v) is 2.56. The van der Waals surface area contributed by atoms with Gasteiger partial charge in [0.2, 0.25) is 5.91 Å². The lowest BCUT2D eigenvalue weighted by molar-refractivity contribution is -0.124. The monoisotopic (exact) mass is 276 g/mol. The first-order valence-electron chi connectivity index (χ1n) is 7.35. The molecule has 3 N–H and O–H groups in total. The molecule has 1 unspecified atom stereocenters. The van der Waals surface area contributed by atoms with Gasteiger partial charge in [0.05, 0.1) is 6.10 Å². The first kappa shape index (κ1) is 14.9. The Labute approximate surface area is 120 Å². The average Bonchev–Trinajstić information content (AvgIpc) is 2.37. The Morgan fingerprint density at radius 2 is 2.05 bits per heavy atom. The van der Waals surface area contributed by atoms with E-state index in [0.717, 1.165) is 30.7 Å². The van der Waals surface area contributed by atoms with Crippen LogP contribution >= 0.6 is 0 Å². The van der Waals surface area contributed by atoms with E-state index < -0.39 is 0 Å². The van der Waals surface area contributed by atoms with E-state index in [-0.39, 0.29) is 17.9 Å². The summed E-state index contributed by atoms with van der Waals surface area (Å²) in [5, 5.41) is 3.07. The number of rotatable bonds is 6. The van der Waals surface area contributed by atoms with Gasteiger partial charge in [0.15, 0.2) is 0 Å². The number of nitrogens with one attached hydrogen (secondary N) is 1.